The Balaban J connectivity index is 2.53. The van der Waals surface area contributed by atoms with Crippen LogP contribution >= 0.6 is 0 Å². The Morgan fingerprint density at radius 3 is 1.50 bits per heavy atom. The van der Waals surface area contributed by atoms with Crippen molar-refractivity contribution in [2.24, 2.45) is 5.10 Å². The first-order valence-electron chi connectivity index (χ1n) is 4.97. The molecular formula is C13H12N2O. The number of benzene rings is 2. The summed E-state index contributed by atoms with van der Waals surface area (Å²) in [5.41, 5.74) is 1.09. The average molecular weight is 212 g/mol. The fourth-order valence-electron chi connectivity index (χ4n) is 1.57. The number of hydrogen-bond donors (Lipinski definition) is 0. The van der Waals surface area contributed by atoms with E-state index in [-0.39, 0.29) is 0 Å². The fraction of sp³-hybridized carbons (Fsp3) is 0. The van der Waals surface area contributed by atoms with Gasteiger partial charge in [0.25, 0.3) is 0 Å². The third-order valence-corrected chi connectivity index (χ3v) is 2.41. The van der Waals surface area contributed by atoms with Gasteiger partial charge in [0.2, 0.25) is 0 Å². The zero-order valence-corrected chi connectivity index (χ0v) is 8.78. The van der Waals surface area contributed by atoms with Crippen LogP contribution in [0, 0.1) is 5.21 Å². The molecule has 0 fully saturated rings. The Labute approximate surface area is 94.4 Å². The second-order valence-corrected chi connectivity index (χ2v) is 3.39. The first-order valence-corrected chi connectivity index (χ1v) is 4.97. The monoisotopic (exact) mass is 212 g/mol. The predicted molar refractivity (Wildman–Crippen MR) is 67.3 cm³/mol. The quantitative estimate of drug-likeness (QED) is 0.436. The van der Waals surface area contributed by atoms with Crippen molar-refractivity contribution in [1.29, 1.82) is 0 Å². The van der Waals surface area contributed by atoms with Crippen LogP contribution in [0.5, 0.6) is 0 Å². The van der Waals surface area contributed by atoms with Gasteiger partial charge in [-0.3, -0.25) is 0 Å². The van der Waals surface area contributed by atoms with Crippen LogP contribution in [0.15, 0.2) is 65.8 Å². The van der Waals surface area contributed by atoms with Crippen LogP contribution < -0.4 is 4.76 Å². The zero-order chi connectivity index (χ0) is 11.4. The van der Waals surface area contributed by atoms with Gasteiger partial charge in [-0.1, -0.05) is 41.5 Å². The molecule has 0 atom stereocenters. The van der Waals surface area contributed by atoms with Gasteiger partial charge in [-0.15, -0.1) is 0 Å². The molecule has 16 heavy (non-hydrogen) atoms. The van der Waals surface area contributed by atoms with Gasteiger partial charge in [-0.2, -0.15) is 4.76 Å². The molecule has 80 valence electrons. The highest BCUT2D eigenvalue weighted by Crippen LogP contribution is 2.33. The van der Waals surface area contributed by atoms with E-state index in [1.165, 1.54) is 0 Å². The molecule has 0 spiro atoms. The van der Waals surface area contributed by atoms with Crippen LogP contribution in [0.25, 0.3) is 0 Å². The average Bonchev–Trinajstić information content (AvgIpc) is 2.40. The van der Waals surface area contributed by atoms with Crippen molar-refractivity contribution >= 4 is 18.1 Å². The maximum absolute atomic E-state index is 12.6. The van der Waals surface area contributed by atoms with Gasteiger partial charge in [0.15, 0.2) is 11.4 Å². The first-order chi connectivity index (χ1) is 7.77. The third-order valence-electron chi connectivity index (χ3n) is 2.41. The van der Waals surface area contributed by atoms with Crippen LogP contribution in [-0.4, -0.2) is 6.72 Å². The Morgan fingerprint density at radius 1 is 0.812 bits per heavy atom. The maximum atomic E-state index is 12.6. The molecule has 0 amide bonds. The summed E-state index contributed by atoms with van der Waals surface area (Å²) >= 11 is 0. The molecule has 0 saturated heterocycles. The minimum Gasteiger partial charge on any atom is -0.594 e. The minimum absolute atomic E-state index is 0.545. The highest BCUT2D eigenvalue weighted by Gasteiger charge is 2.21. The summed E-state index contributed by atoms with van der Waals surface area (Å²) in [5.74, 6) is 0. The van der Waals surface area contributed by atoms with Crippen molar-refractivity contribution in [2.75, 3.05) is 0 Å². The van der Waals surface area contributed by atoms with Gasteiger partial charge in [0, 0.05) is 31.0 Å². The largest absolute Gasteiger partial charge is 0.594 e. The molecule has 3 nitrogen and oxygen atoms in total. The number of quaternary nitrogens is 1. The van der Waals surface area contributed by atoms with Crippen molar-refractivity contribution in [3.63, 3.8) is 0 Å². The molecule has 0 aliphatic carbocycles. The van der Waals surface area contributed by atoms with E-state index in [1.54, 1.807) is 24.3 Å². The van der Waals surface area contributed by atoms with E-state index in [4.69, 9.17) is 0 Å². The van der Waals surface area contributed by atoms with Crippen molar-refractivity contribution < 1.29 is 0 Å². The number of rotatable bonds is 3. The van der Waals surface area contributed by atoms with Crippen LogP contribution in [-0.2, 0) is 0 Å². The minimum atomic E-state index is -0.887. The summed E-state index contributed by atoms with van der Waals surface area (Å²) in [4.78, 5) is 0. The second kappa shape index (κ2) is 4.26. The Kier molecular flexibility index (Phi) is 2.81. The molecule has 0 heterocycles. The SMILES string of the molecule is C=N[N+]([O-])(c1ccccc1)c1ccccc1. The Hall–Kier alpha value is -1.97. The van der Waals surface area contributed by atoms with E-state index >= 15 is 0 Å². The first kappa shape index (κ1) is 10.5. The Morgan fingerprint density at radius 2 is 1.19 bits per heavy atom. The van der Waals surface area contributed by atoms with Crippen molar-refractivity contribution in [2.45, 2.75) is 0 Å². The lowest BCUT2D eigenvalue weighted by Gasteiger charge is -2.33. The summed E-state index contributed by atoms with van der Waals surface area (Å²) in [6.07, 6.45) is 0. The topological polar surface area (TPSA) is 35.4 Å². The van der Waals surface area contributed by atoms with Crippen molar-refractivity contribution in [1.82, 2.24) is 4.76 Å². The van der Waals surface area contributed by atoms with E-state index in [9.17, 15) is 5.21 Å². The number of para-hydroxylation sites is 2. The summed E-state index contributed by atoms with van der Waals surface area (Å²) in [5, 5.41) is 16.3. The van der Waals surface area contributed by atoms with Crippen molar-refractivity contribution in [3.05, 3.63) is 65.9 Å². The van der Waals surface area contributed by atoms with Gasteiger partial charge in [-0.05, 0) is 0 Å². The highest BCUT2D eigenvalue weighted by molar-refractivity contribution is 5.59. The fourth-order valence-corrected chi connectivity index (χ4v) is 1.57. The molecule has 0 radical (unpaired) electrons. The van der Waals surface area contributed by atoms with Gasteiger partial charge < -0.3 is 5.21 Å². The van der Waals surface area contributed by atoms with Crippen LogP contribution in [0.4, 0.5) is 11.4 Å². The molecule has 0 aliphatic heterocycles. The van der Waals surface area contributed by atoms with E-state index < -0.39 is 4.76 Å². The smallest absolute Gasteiger partial charge is 0.164 e. The molecule has 3 heteroatoms. The van der Waals surface area contributed by atoms with E-state index in [2.05, 4.69) is 11.8 Å². The lowest BCUT2D eigenvalue weighted by molar-refractivity contribution is 0.547. The Bertz CT molecular complexity index is 428. The summed E-state index contributed by atoms with van der Waals surface area (Å²) in [6.45, 7) is 3.40. The molecule has 0 saturated carbocycles. The van der Waals surface area contributed by atoms with Gasteiger partial charge in [-0.25, -0.2) is 0 Å². The van der Waals surface area contributed by atoms with Gasteiger partial charge >= 0.3 is 0 Å². The van der Waals surface area contributed by atoms with Crippen molar-refractivity contribution in [3.8, 4) is 0 Å². The molecule has 0 aliphatic rings. The molecule has 0 N–H and O–H groups in total. The highest BCUT2D eigenvalue weighted by atomic mass is 16.6. The van der Waals surface area contributed by atoms with Crippen LogP contribution in [0.1, 0.15) is 0 Å². The molecular weight excluding hydrogens is 200 g/mol. The summed E-state index contributed by atoms with van der Waals surface area (Å²) < 4.78 is -0.887. The molecule has 0 unspecified atom stereocenters. The van der Waals surface area contributed by atoms with Crippen LogP contribution in [0.2, 0.25) is 0 Å². The second-order valence-electron chi connectivity index (χ2n) is 3.39. The molecule has 2 rings (SSSR count). The molecule has 0 aromatic heterocycles. The van der Waals surface area contributed by atoms with Gasteiger partial charge in [0.05, 0.1) is 0 Å². The predicted octanol–water partition coefficient (Wildman–Crippen LogP) is 3.44. The molecule has 2 aromatic rings. The van der Waals surface area contributed by atoms with E-state index in [0.29, 0.717) is 11.4 Å². The molecule has 0 bridgehead atoms. The third kappa shape index (κ3) is 1.74. The zero-order valence-electron chi connectivity index (χ0n) is 8.78. The lowest BCUT2D eigenvalue weighted by atomic mass is 10.2. The normalized spacial score (nSPS) is 11.1. The molecule has 2 aromatic carbocycles. The van der Waals surface area contributed by atoms with E-state index in [0.717, 1.165) is 0 Å². The lowest BCUT2D eigenvalue weighted by Crippen LogP contribution is -2.30. The van der Waals surface area contributed by atoms with Gasteiger partial charge in [0.1, 0.15) is 0 Å². The standard InChI is InChI=1S/C13H12N2O/c1-14-15(16,12-8-4-2-5-9-12)13-10-6-3-7-11-13/h2-11H,1H2. The summed E-state index contributed by atoms with van der Waals surface area (Å²) in [6, 6.07) is 18.0. The number of hydrogen-bond acceptors (Lipinski definition) is 2. The number of nitrogens with zero attached hydrogens (tertiary/aromatic N) is 2. The van der Waals surface area contributed by atoms with Crippen LogP contribution in [0.3, 0.4) is 0 Å². The maximum Gasteiger partial charge on any atom is 0.164 e. The summed E-state index contributed by atoms with van der Waals surface area (Å²) in [7, 11) is 0. The van der Waals surface area contributed by atoms with E-state index in [1.807, 2.05) is 36.4 Å².